The lowest BCUT2D eigenvalue weighted by Gasteiger charge is -2.56. The zero-order chi connectivity index (χ0) is 21.1. The standard InChI is InChI=1S/C26H34N2O2/c1-25-13-11-22-19(7-10-23-26(22,2)12-5-6-24(29)28(23)3)21(25)9-8-20(25)17-14-18(30-4)16-27-15-17/h8,10,14-16,19,21-22H,5-7,9,11-13H2,1-4H3/t19-,21-,22-,25+,26+/m0/s1. The third-order valence-electron chi connectivity index (χ3n) is 9.09. The summed E-state index contributed by atoms with van der Waals surface area (Å²) in [5, 5.41) is 0. The largest absolute Gasteiger partial charge is 0.495 e. The Morgan fingerprint density at radius 3 is 2.73 bits per heavy atom. The Balaban J connectivity index is 1.48. The minimum absolute atomic E-state index is 0.130. The van der Waals surface area contributed by atoms with Gasteiger partial charge in [-0.3, -0.25) is 9.78 Å². The van der Waals surface area contributed by atoms with Gasteiger partial charge in [-0.1, -0.05) is 26.0 Å². The Morgan fingerprint density at radius 2 is 1.93 bits per heavy atom. The monoisotopic (exact) mass is 406 g/mol. The van der Waals surface area contributed by atoms with Gasteiger partial charge < -0.3 is 9.64 Å². The molecule has 5 atom stereocenters. The average molecular weight is 407 g/mol. The maximum absolute atomic E-state index is 12.5. The van der Waals surface area contributed by atoms with E-state index >= 15 is 0 Å². The molecule has 0 radical (unpaired) electrons. The minimum Gasteiger partial charge on any atom is -0.495 e. The Kier molecular flexibility index (Phi) is 4.61. The molecule has 1 saturated carbocycles. The zero-order valence-electron chi connectivity index (χ0n) is 18.8. The number of hydrogen-bond acceptors (Lipinski definition) is 3. The second-order valence-electron chi connectivity index (χ2n) is 10.3. The highest BCUT2D eigenvalue weighted by Crippen LogP contribution is 2.65. The number of rotatable bonds is 2. The van der Waals surface area contributed by atoms with Gasteiger partial charge in [-0.05, 0) is 78.9 Å². The van der Waals surface area contributed by atoms with Crippen LogP contribution in [0.25, 0.3) is 5.57 Å². The highest BCUT2D eigenvalue weighted by atomic mass is 16.5. The maximum atomic E-state index is 12.5. The number of carbonyl (C=O) groups excluding carboxylic acids is 1. The van der Waals surface area contributed by atoms with Crippen LogP contribution in [0, 0.1) is 28.6 Å². The molecule has 0 spiro atoms. The number of likely N-dealkylation sites (tertiary alicyclic amines) is 1. The molecule has 0 aromatic carbocycles. The number of pyridine rings is 1. The van der Waals surface area contributed by atoms with E-state index in [1.165, 1.54) is 29.7 Å². The fraction of sp³-hybridized carbons (Fsp3) is 0.615. The number of methoxy groups -OCH3 is 1. The van der Waals surface area contributed by atoms with E-state index in [4.69, 9.17) is 4.74 Å². The molecule has 1 amide bonds. The van der Waals surface area contributed by atoms with Crippen molar-refractivity contribution >= 4 is 11.5 Å². The second-order valence-corrected chi connectivity index (χ2v) is 10.3. The maximum Gasteiger partial charge on any atom is 0.226 e. The fourth-order valence-corrected chi connectivity index (χ4v) is 7.51. The molecule has 5 rings (SSSR count). The first-order valence-electron chi connectivity index (χ1n) is 11.6. The number of amides is 1. The summed E-state index contributed by atoms with van der Waals surface area (Å²) < 4.78 is 5.44. The van der Waals surface area contributed by atoms with E-state index in [-0.39, 0.29) is 10.8 Å². The highest BCUT2D eigenvalue weighted by Gasteiger charge is 2.57. The van der Waals surface area contributed by atoms with E-state index in [0.717, 1.165) is 31.4 Å². The molecular formula is C26H34N2O2. The molecule has 0 unspecified atom stereocenters. The summed E-state index contributed by atoms with van der Waals surface area (Å²) in [7, 11) is 3.71. The van der Waals surface area contributed by atoms with Crippen LogP contribution in [0.1, 0.15) is 64.4 Å². The molecule has 2 fully saturated rings. The van der Waals surface area contributed by atoms with Crippen LogP contribution in [0.3, 0.4) is 0 Å². The normalized spacial score (nSPS) is 38.1. The van der Waals surface area contributed by atoms with Crippen molar-refractivity contribution in [1.82, 2.24) is 9.88 Å². The molecular weight excluding hydrogens is 372 g/mol. The molecule has 0 N–H and O–H groups in total. The van der Waals surface area contributed by atoms with Crippen LogP contribution < -0.4 is 4.74 Å². The van der Waals surface area contributed by atoms with Gasteiger partial charge in [0.2, 0.25) is 5.91 Å². The van der Waals surface area contributed by atoms with Gasteiger partial charge in [0.1, 0.15) is 5.75 Å². The lowest BCUT2D eigenvalue weighted by atomic mass is 9.49. The van der Waals surface area contributed by atoms with Gasteiger partial charge in [0.15, 0.2) is 0 Å². The number of hydrogen-bond donors (Lipinski definition) is 0. The second kappa shape index (κ2) is 6.96. The number of fused-ring (bicyclic) bond motifs is 5. The zero-order valence-corrected chi connectivity index (χ0v) is 18.8. The van der Waals surface area contributed by atoms with Crippen LogP contribution in [0.4, 0.5) is 0 Å². The van der Waals surface area contributed by atoms with Gasteiger partial charge in [0.05, 0.1) is 13.3 Å². The van der Waals surface area contributed by atoms with Crippen molar-refractivity contribution in [2.24, 2.45) is 28.6 Å². The summed E-state index contributed by atoms with van der Waals surface area (Å²) in [4.78, 5) is 18.9. The highest BCUT2D eigenvalue weighted by molar-refractivity contribution is 5.78. The molecule has 4 nitrogen and oxygen atoms in total. The molecule has 3 aliphatic carbocycles. The Hall–Kier alpha value is -2.10. The molecule has 30 heavy (non-hydrogen) atoms. The third-order valence-corrected chi connectivity index (χ3v) is 9.09. The van der Waals surface area contributed by atoms with Crippen LogP contribution >= 0.6 is 0 Å². The van der Waals surface area contributed by atoms with Crippen molar-refractivity contribution in [3.63, 3.8) is 0 Å². The van der Waals surface area contributed by atoms with Crippen molar-refractivity contribution in [2.75, 3.05) is 14.2 Å². The van der Waals surface area contributed by atoms with Crippen molar-refractivity contribution in [3.8, 4) is 5.75 Å². The molecule has 1 aromatic rings. The molecule has 0 bridgehead atoms. The summed E-state index contributed by atoms with van der Waals surface area (Å²) in [5.41, 5.74) is 4.31. The van der Waals surface area contributed by atoms with Crippen LogP contribution in [0.5, 0.6) is 5.75 Å². The lowest BCUT2D eigenvalue weighted by molar-refractivity contribution is -0.128. The van der Waals surface area contributed by atoms with Gasteiger partial charge in [-0.15, -0.1) is 0 Å². The first kappa shape index (κ1) is 19.8. The molecule has 1 aliphatic heterocycles. The predicted molar refractivity (Wildman–Crippen MR) is 119 cm³/mol. The predicted octanol–water partition coefficient (Wildman–Crippen LogP) is 5.46. The van der Waals surface area contributed by atoms with E-state index in [1.54, 1.807) is 13.3 Å². The number of carbonyl (C=O) groups is 1. The Morgan fingerprint density at radius 1 is 1.10 bits per heavy atom. The van der Waals surface area contributed by atoms with Crippen molar-refractivity contribution in [2.45, 2.75) is 58.8 Å². The number of nitrogens with zero attached hydrogens (tertiary/aromatic N) is 2. The van der Waals surface area contributed by atoms with Gasteiger partial charge in [-0.25, -0.2) is 0 Å². The first-order valence-corrected chi connectivity index (χ1v) is 11.6. The van der Waals surface area contributed by atoms with Crippen molar-refractivity contribution in [1.29, 1.82) is 0 Å². The van der Waals surface area contributed by atoms with Gasteiger partial charge >= 0.3 is 0 Å². The summed E-state index contributed by atoms with van der Waals surface area (Å²) in [5.74, 6) is 3.14. The first-order chi connectivity index (χ1) is 14.4. The average Bonchev–Trinajstić information content (AvgIpc) is 3.05. The van der Waals surface area contributed by atoms with Crippen molar-refractivity contribution in [3.05, 3.63) is 41.9 Å². The molecule has 2 heterocycles. The molecule has 4 heteroatoms. The topological polar surface area (TPSA) is 42.4 Å². The number of ether oxygens (including phenoxy) is 1. The van der Waals surface area contributed by atoms with E-state index in [1.807, 2.05) is 18.1 Å². The van der Waals surface area contributed by atoms with Crippen LogP contribution in [-0.4, -0.2) is 29.9 Å². The van der Waals surface area contributed by atoms with E-state index in [9.17, 15) is 4.79 Å². The summed E-state index contributed by atoms with van der Waals surface area (Å²) >= 11 is 0. The lowest BCUT2D eigenvalue weighted by Crippen LogP contribution is -2.50. The number of allylic oxidation sites excluding steroid dienone is 4. The molecule has 1 aromatic heterocycles. The van der Waals surface area contributed by atoms with Gasteiger partial charge in [-0.2, -0.15) is 0 Å². The molecule has 4 aliphatic rings. The minimum atomic E-state index is 0.130. The smallest absolute Gasteiger partial charge is 0.226 e. The third kappa shape index (κ3) is 2.72. The summed E-state index contributed by atoms with van der Waals surface area (Å²) in [6.07, 6.45) is 16.2. The van der Waals surface area contributed by atoms with Crippen molar-refractivity contribution < 1.29 is 9.53 Å². The van der Waals surface area contributed by atoms with E-state index < -0.39 is 0 Å². The molecule has 160 valence electrons. The molecule has 1 saturated heterocycles. The summed E-state index contributed by atoms with van der Waals surface area (Å²) in [6, 6.07) is 2.14. The van der Waals surface area contributed by atoms with Gasteiger partial charge in [0, 0.05) is 30.8 Å². The SMILES string of the molecule is COc1cncc(C2=CC[C@H]3[C@@H]4CC=C5N(C)C(=O)CCC[C@]5(C)[C@H]4CC[C@]23C)c1. The number of aromatic nitrogens is 1. The Labute approximate surface area is 180 Å². The summed E-state index contributed by atoms with van der Waals surface area (Å²) in [6.45, 7) is 4.93. The van der Waals surface area contributed by atoms with Crippen LogP contribution in [-0.2, 0) is 4.79 Å². The van der Waals surface area contributed by atoms with Crippen LogP contribution in [0.15, 0.2) is 36.3 Å². The van der Waals surface area contributed by atoms with E-state index in [2.05, 4.69) is 37.0 Å². The van der Waals surface area contributed by atoms with Crippen LogP contribution in [0.2, 0.25) is 0 Å². The Bertz CT molecular complexity index is 935. The van der Waals surface area contributed by atoms with Gasteiger partial charge in [0.25, 0.3) is 0 Å². The fourth-order valence-electron chi connectivity index (χ4n) is 7.51. The quantitative estimate of drug-likeness (QED) is 0.655. The van der Waals surface area contributed by atoms with E-state index in [0.29, 0.717) is 30.1 Å².